The Balaban J connectivity index is 1.60. The molecule has 3 saturated heterocycles. The molecule has 164 valence electrons. The Labute approximate surface area is 163 Å². The van der Waals surface area contributed by atoms with Gasteiger partial charge < -0.3 is 49.2 Å². The van der Waals surface area contributed by atoms with Gasteiger partial charge in [0.05, 0.1) is 36.6 Å². The van der Waals surface area contributed by atoms with Crippen LogP contribution in [0.5, 0.6) is 0 Å². The Hall–Kier alpha value is -0.400. The van der Waals surface area contributed by atoms with Crippen molar-refractivity contribution in [3.63, 3.8) is 0 Å². The molecule has 3 aliphatic rings. The Morgan fingerprint density at radius 3 is 1.64 bits per heavy atom. The third-order valence-corrected chi connectivity index (χ3v) is 5.65. The maximum atomic E-state index is 10.4. The average Bonchev–Trinajstić information content (AvgIpc) is 2.61. The second-order valence-electron chi connectivity index (χ2n) is 7.93. The largest absolute Gasteiger partial charge is 0.390 e. The van der Waals surface area contributed by atoms with Gasteiger partial charge in [-0.25, -0.2) is 0 Å². The Bertz CT molecular complexity index is 495. The summed E-state index contributed by atoms with van der Waals surface area (Å²) < 4.78 is 28.1. The lowest BCUT2D eigenvalue weighted by atomic mass is 9.99. The number of rotatable bonds is 4. The van der Waals surface area contributed by atoms with Crippen molar-refractivity contribution < 1.29 is 49.2 Å². The van der Waals surface area contributed by atoms with Crippen molar-refractivity contribution in [2.45, 2.75) is 114 Å². The smallest absolute Gasteiger partial charge is 0.161 e. The minimum atomic E-state index is -1.04. The van der Waals surface area contributed by atoms with Crippen molar-refractivity contribution in [3.8, 4) is 0 Å². The summed E-state index contributed by atoms with van der Waals surface area (Å²) >= 11 is 0. The third kappa shape index (κ3) is 5.01. The van der Waals surface area contributed by atoms with E-state index in [0.29, 0.717) is 0 Å². The average molecular weight is 408 g/mol. The van der Waals surface area contributed by atoms with Gasteiger partial charge in [0.1, 0.15) is 18.3 Å². The van der Waals surface area contributed by atoms with Gasteiger partial charge in [0, 0.05) is 19.3 Å². The lowest BCUT2D eigenvalue weighted by Crippen LogP contribution is -2.55. The van der Waals surface area contributed by atoms with Crippen LogP contribution in [-0.2, 0) is 23.7 Å². The van der Waals surface area contributed by atoms with Gasteiger partial charge in [0.2, 0.25) is 0 Å². The second-order valence-corrected chi connectivity index (χ2v) is 7.93. The lowest BCUT2D eigenvalue weighted by molar-refractivity contribution is -0.325. The topological polar surface area (TPSA) is 147 Å². The molecule has 10 nitrogen and oxygen atoms in total. The highest BCUT2D eigenvalue weighted by Gasteiger charge is 2.43. The van der Waals surface area contributed by atoms with E-state index in [1.165, 1.54) is 0 Å². The van der Waals surface area contributed by atoms with Crippen molar-refractivity contribution in [1.82, 2.24) is 0 Å². The fourth-order valence-electron chi connectivity index (χ4n) is 3.89. The fourth-order valence-corrected chi connectivity index (χ4v) is 3.89. The molecule has 0 aromatic carbocycles. The first-order valence-electron chi connectivity index (χ1n) is 9.83. The Morgan fingerprint density at radius 1 is 0.607 bits per heavy atom. The van der Waals surface area contributed by atoms with Gasteiger partial charge in [0.25, 0.3) is 0 Å². The summed E-state index contributed by atoms with van der Waals surface area (Å²) in [4.78, 5) is 0. The van der Waals surface area contributed by atoms with E-state index in [1.807, 2.05) is 0 Å². The third-order valence-electron chi connectivity index (χ3n) is 5.65. The van der Waals surface area contributed by atoms with E-state index < -0.39 is 73.8 Å². The fraction of sp³-hybridized carbons (Fsp3) is 1.00. The van der Waals surface area contributed by atoms with Crippen LogP contribution < -0.4 is 0 Å². The van der Waals surface area contributed by atoms with Gasteiger partial charge in [-0.05, 0) is 20.8 Å². The Kier molecular flexibility index (Phi) is 7.30. The van der Waals surface area contributed by atoms with E-state index >= 15 is 0 Å². The van der Waals surface area contributed by atoms with E-state index in [-0.39, 0.29) is 19.3 Å². The molecule has 10 heteroatoms. The second kappa shape index (κ2) is 9.17. The van der Waals surface area contributed by atoms with Crippen molar-refractivity contribution in [2.75, 3.05) is 0 Å². The molecule has 3 rings (SSSR count). The first kappa shape index (κ1) is 22.3. The summed E-state index contributed by atoms with van der Waals surface area (Å²) in [6.45, 7) is 4.96. The van der Waals surface area contributed by atoms with Crippen LogP contribution in [0.3, 0.4) is 0 Å². The predicted octanol–water partition coefficient (Wildman–Crippen LogP) is -1.40. The quantitative estimate of drug-likeness (QED) is 0.376. The van der Waals surface area contributed by atoms with Crippen LogP contribution in [-0.4, -0.2) is 99.3 Å². The van der Waals surface area contributed by atoms with Crippen LogP contribution in [0.1, 0.15) is 40.0 Å². The first-order valence-corrected chi connectivity index (χ1v) is 9.83. The van der Waals surface area contributed by atoms with Crippen molar-refractivity contribution in [1.29, 1.82) is 0 Å². The van der Waals surface area contributed by atoms with Crippen molar-refractivity contribution >= 4 is 0 Å². The summed E-state index contributed by atoms with van der Waals surface area (Å²) in [6, 6.07) is 0. The van der Waals surface area contributed by atoms with Crippen molar-refractivity contribution in [2.24, 2.45) is 0 Å². The normalized spacial score (nSPS) is 53.1. The molecule has 0 aromatic heterocycles. The molecule has 0 radical (unpaired) electrons. The molecule has 0 bridgehead atoms. The predicted molar refractivity (Wildman–Crippen MR) is 92.8 cm³/mol. The van der Waals surface area contributed by atoms with Crippen LogP contribution >= 0.6 is 0 Å². The molecule has 0 spiro atoms. The summed E-state index contributed by atoms with van der Waals surface area (Å²) in [5.74, 6) is 0. The number of hydrogen-bond acceptors (Lipinski definition) is 10. The molecule has 0 saturated carbocycles. The standard InChI is InChI=1S/C18H32O10/c1-7-16(21)10(19)4-14(25-7)28-12-6-15(26-9(3)18(12)23)27-11-5-13(20)24-8(2)17(11)22/h7-23H,4-6H2,1-3H3/t7-,8-,9-,10+,11+,12+,13+,14-,15-,16-,17-,18-/m0/s1. The maximum Gasteiger partial charge on any atom is 0.161 e. The van der Waals surface area contributed by atoms with Gasteiger partial charge >= 0.3 is 0 Å². The molecule has 3 fully saturated rings. The van der Waals surface area contributed by atoms with E-state index in [0.717, 1.165) is 0 Å². The molecule has 0 amide bonds. The van der Waals surface area contributed by atoms with E-state index in [4.69, 9.17) is 23.7 Å². The van der Waals surface area contributed by atoms with Crippen LogP contribution in [0, 0.1) is 0 Å². The zero-order chi connectivity index (χ0) is 20.6. The van der Waals surface area contributed by atoms with Gasteiger partial charge in [-0.3, -0.25) is 0 Å². The van der Waals surface area contributed by atoms with Crippen LogP contribution in [0.25, 0.3) is 0 Å². The van der Waals surface area contributed by atoms with Crippen LogP contribution in [0.4, 0.5) is 0 Å². The highest BCUT2D eigenvalue weighted by atomic mass is 16.7. The highest BCUT2D eigenvalue weighted by molar-refractivity contribution is 4.87. The SMILES string of the molecule is C[C@@H]1O[C@@H](O[C@@H]2C[C@H](O[C@@H]3C[C@H](O)O[C@@H](C)[C@@H]3O)O[C@@H](C)[C@@H]2O)C[C@@H](O)[C@H]1O. The summed E-state index contributed by atoms with van der Waals surface area (Å²) in [6.07, 6.45) is -9.21. The van der Waals surface area contributed by atoms with Gasteiger partial charge in [0.15, 0.2) is 18.9 Å². The molecule has 0 aromatic rings. The van der Waals surface area contributed by atoms with Crippen molar-refractivity contribution in [3.05, 3.63) is 0 Å². The zero-order valence-electron chi connectivity index (χ0n) is 16.3. The number of ether oxygens (including phenoxy) is 5. The number of aliphatic hydroxyl groups excluding tert-OH is 5. The van der Waals surface area contributed by atoms with E-state index in [1.54, 1.807) is 20.8 Å². The first-order chi connectivity index (χ1) is 13.2. The van der Waals surface area contributed by atoms with Gasteiger partial charge in [-0.1, -0.05) is 0 Å². The maximum absolute atomic E-state index is 10.4. The number of hydrogen-bond donors (Lipinski definition) is 5. The molecule has 3 aliphatic heterocycles. The molecule has 5 N–H and O–H groups in total. The minimum Gasteiger partial charge on any atom is -0.390 e. The molecule has 0 unspecified atom stereocenters. The summed E-state index contributed by atoms with van der Waals surface area (Å²) in [7, 11) is 0. The van der Waals surface area contributed by atoms with Crippen LogP contribution in [0.15, 0.2) is 0 Å². The molecular weight excluding hydrogens is 376 g/mol. The monoisotopic (exact) mass is 408 g/mol. The molecule has 28 heavy (non-hydrogen) atoms. The summed E-state index contributed by atoms with van der Waals surface area (Å²) in [5, 5.41) is 50.1. The zero-order valence-corrected chi connectivity index (χ0v) is 16.3. The number of aliphatic hydroxyl groups is 5. The Morgan fingerprint density at radius 2 is 1.07 bits per heavy atom. The van der Waals surface area contributed by atoms with E-state index in [9.17, 15) is 25.5 Å². The summed E-state index contributed by atoms with van der Waals surface area (Å²) in [5.41, 5.74) is 0. The van der Waals surface area contributed by atoms with Gasteiger partial charge in [-0.15, -0.1) is 0 Å². The molecule has 0 aliphatic carbocycles. The van der Waals surface area contributed by atoms with Crippen LogP contribution in [0.2, 0.25) is 0 Å². The molecule has 3 heterocycles. The molecule has 12 atom stereocenters. The highest BCUT2D eigenvalue weighted by Crippen LogP contribution is 2.31. The van der Waals surface area contributed by atoms with Gasteiger partial charge in [-0.2, -0.15) is 0 Å². The minimum absolute atomic E-state index is 0.0812. The van der Waals surface area contributed by atoms with E-state index in [2.05, 4.69) is 0 Å². The lowest BCUT2D eigenvalue weighted by Gasteiger charge is -2.43. The molecular formula is C18H32O10.